The van der Waals surface area contributed by atoms with E-state index in [4.69, 9.17) is 0 Å². The first-order valence-corrected chi connectivity index (χ1v) is 8.72. The van der Waals surface area contributed by atoms with Crippen LogP contribution in [-0.2, 0) is 6.54 Å². The molecule has 5 heteroatoms. The number of pyridine rings is 1. The van der Waals surface area contributed by atoms with Crippen LogP contribution in [0.15, 0.2) is 30.5 Å². The summed E-state index contributed by atoms with van der Waals surface area (Å²) in [4.78, 5) is 17.2. The summed E-state index contributed by atoms with van der Waals surface area (Å²) >= 11 is 0. The Labute approximate surface area is 150 Å². The van der Waals surface area contributed by atoms with E-state index in [0.717, 1.165) is 17.1 Å². The second kappa shape index (κ2) is 7.83. The highest BCUT2D eigenvalue weighted by atomic mass is 16.3. The molecule has 2 rings (SSSR count). The number of rotatable bonds is 6. The smallest absolute Gasteiger partial charge is 0.253 e. The van der Waals surface area contributed by atoms with Gasteiger partial charge in [0.15, 0.2) is 0 Å². The Morgan fingerprint density at radius 2 is 2.04 bits per heavy atom. The van der Waals surface area contributed by atoms with Gasteiger partial charge in [0, 0.05) is 30.2 Å². The lowest BCUT2D eigenvalue weighted by Crippen LogP contribution is -2.44. The molecular formula is C20H29N3O2. The largest absolute Gasteiger partial charge is 0.396 e. The fourth-order valence-electron chi connectivity index (χ4n) is 3.01. The van der Waals surface area contributed by atoms with Crippen LogP contribution >= 0.6 is 0 Å². The zero-order valence-corrected chi connectivity index (χ0v) is 15.8. The normalized spacial score (nSPS) is 12.9. The Morgan fingerprint density at radius 3 is 2.60 bits per heavy atom. The maximum atomic E-state index is 12.8. The number of nitrogens with one attached hydrogen (secondary N) is 1. The van der Waals surface area contributed by atoms with Crippen LogP contribution in [0.5, 0.6) is 0 Å². The molecule has 0 radical (unpaired) electrons. The molecule has 1 atom stereocenters. The zero-order chi connectivity index (χ0) is 18.6. The molecule has 0 bridgehead atoms. The topological polar surface area (TPSA) is 67.2 Å². The van der Waals surface area contributed by atoms with E-state index in [1.807, 2.05) is 38.1 Å². The molecule has 0 fully saturated rings. The van der Waals surface area contributed by atoms with Gasteiger partial charge in [-0.25, -0.2) is 0 Å². The third kappa shape index (κ3) is 4.69. The van der Waals surface area contributed by atoms with E-state index < -0.39 is 0 Å². The molecule has 0 aliphatic carbocycles. The lowest BCUT2D eigenvalue weighted by Gasteiger charge is -2.31. The Hall–Kier alpha value is -2.14. The van der Waals surface area contributed by atoms with Gasteiger partial charge in [0.1, 0.15) is 0 Å². The first-order chi connectivity index (χ1) is 11.7. The number of aliphatic hydroxyl groups is 1. The quantitative estimate of drug-likeness (QED) is 0.847. The molecule has 5 nitrogen and oxygen atoms in total. The van der Waals surface area contributed by atoms with Gasteiger partial charge in [-0.1, -0.05) is 26.8 Å². The van der Waals surface area contributed by atoms with Crippen LogP contribution in [0.2, 0.25) is 0 Å². The summed E-state index contributed by atoms with van der Waals surface area (Å²) in [7, 11) is 0. The predicted octanol–water partition coefficient (Wildman–Crippen LogP) is 3.08. The second-order valence-corrected chi connectivity index (χ2v) is 7.60. The van der Waals surface area contributed by atoms with Gasteiger partial charge in [-0.2, -0.15) is 0 Å². The van der Waals surface area contributed by atoms with Gasteiger partial charge in [-0.3, -0.25) is 9.78 Å². The predicted molar refractivity (Wildman–Crippen MR) is 99.7 cm³/mol. The fraction of sp³-hybridized carbons (Fsp3) is 0.500. The van der Waals surface area contributed by atoms with Gasteiger partial charge in [0.2, 0.25) is 0 Å². The molecule has 25 heavy (non-hydrogen) atoms. The maximum Gasteiger partial charge on any atom is 0.253 e. The molecule has 1 unspecified atom stereocenters. The number of amides is 1. The molecule has 0 saturated carbocycles. The summed E-state index contributed by atoms with van der Waals surface area (Å²) in [6, 6.07) is 7.68. The van der Waals surface area contributed by atoms with Gasteiger partial charge < -0.3 is 15.0 Å². The fourth-order valence-corrected chi connectivity index (χ4v) is 3.01. The highest BCUT2D eigenvalue weighted by Crippen LogP contribution is 2.23. The van der Waals surface area contributed by atoms with Gasteiger partial charge in [-0.05, 0) is 43.9 Å². The SMILES string of the molecule is Cc1cc(C(=O)NC(CCO)C(C)(C)C)c(C)n1Cc1ccccn1. The number of carbonyl (C=O) groups excluding carboxylic acids is 1. The average Bonchev–Trinajstić information content (AvgIpc) is 2.83. The van der Waals surface area contributed by atoms with Crippen LogP contribution in [0.4, 0.5) is 0 Å². The molecule has 0 aliphatic rings. The van der Waals surface area contributed by atoms with Crippen molar-refractivity contribution in [2.45, 2.75) is 53.6 Å². The minimum Gasteiger partial charge on any atom is -0.396 e. The summed E-state index contributed by atoms with van der Waals surface area (Å²) in [5, 5.41) is 12.4. The van der Waals surface area contributed by atoms with Crippen molar-refractivity contribution in [3.63, 3.8) is 0 Å². The second-order valence-electron chi connectivity index (χ2n) is 7.60. The van der Waals surface area contributed by atoms with Crippen molar-refractivity contribution in [3.05, 3.63) is 53.1 Å². The third-order valence-electron chi connectivity index (χ3n) is 4.63. The van der Waals surface area contributed by atoms with Crippen LogP contribution in [0.1, 0.15) is 54.6 Å². The number of carbonyl (C=O) groups is 1. The van der Waals surface area contributed by atoms with Gasteiger partial charge >= 0.3 is 0 Å². The molecule has 2 aromatic rings. The number of hydrogen-bond donors (Lipinski definition) is 2. The molecule has 0 saturated heterocycles. The lowest BCUT2D eigenvalue weighted by molar-refractivity contribution is 0.0884. The van der Waals surface area contributed by atoms with Crippen molar-refractivity contribution in [1.82, 2.24) is 14.9 Å². The first kappa shape index (κ1) is 19.2. The highest BCUT2D eigenvalue weighted by molar-refractivity contribution is 5.96. The van der Waals surface area contributed by atoms with Gasteiger partial charge in [0.05, 0.1) is 17.8 Å². The Morgan fingerprint density at radius 1 is 1.32 bits per heavy atom. The third-order valence-corrected chi connectivity index (χ3v) is 4.63. The summed E-state index contributed by atoms with van der Waals surface area (Å²) in [5.41, 5.74) is 3.49. The monoisotopic (exact) mass is 343 g/mol. The van der Waals surface area contributed by atoms with E-state index in [1.54, 1.807) is 6.20 Å². The van der Waals surface area contributed by atoms with Crippen LogP contribution in [0, 0.1) is 19.3 Å². The van der Waals surface area contributed by atoms with E-state index in [0.29, 0.717) is 18.5 Å². The summed E-state index contributed by atoms with van der Waals surface area (Å²) in [6.45, 7) is 10.9. The number of aliphatic hydroxyl groups excluding tert-OH is 1. The molecule has 2 N–H and O–H groups in total. The van der Waals surface area contributed by atoms with Crippen molar-refractivity contribution < 1.29 is 9.90 Å². The highest BCUT2D eigenvalue weighted by Gasteiger charge is 2.27. The zero-order valence-electron chi connectivity index (χ0n) is 15.8. The number of nitrogens with zero attached hydrogens (tertiary/aromatic N) is 2. The number of aryl methyl sites for hydroxylation is 1. The van der Waals surface area contributed by atoms with E-state index >= 15 is 0 Å². The Balaban J connectivity index is 2.22. The van der Waals surface area contributed by atoms with Crippen molar-refractivity contribution in [2.24, 2.45) is 5.41 Å². The van der Waals surface area contributed by atoms with Crippen LogP contribution in [0.25, 0.3) is 0 Å². The standard InChI is InChI=1S/C20H29N3O2/c1-14-12-17(19(25)22-18(9-11-24)20(3,4)5)15(2)23(14)13-16-8-6-7-10-21-16/h6-8,10,12,18,24H,9,11,13H2,1-5H3,(H,22,25). The first-order valence-electron chi connectivity index (χ1n) is 8.72. The van der Waals surface area contributed by atoms with E-state index in [-0.39, 0.29) is 24.0 Å². The van der Waals surface area contributed by atoms with E-state index in [1.165, 1.54) is 0 Å². The summed E-state index contributed by atoms with van der Waals surface area (Å²) < 4.78 is 2.11. The average molecular weight is 343 g/mol. The summed E-state index contributed by atoms with van der Waals surface area (Å²) in [6.07, 6.45) is 2.32. The molecule has 2 aromatic heterocycles. The van der Waals surface area contributed by atoms with Crippen molar-refractivity contribution in [1.29, 1.82) is 0 Å². The van der Waals surface area contributed by atoms with E-state index in [2.05, 4.69) is 35.6 Å². The van der Waals surface area contributed by atoms with E-state index in [9.17, 15) is 9.90 Å². The Bertz CT molecular complexity index is 715. The minimum absolute atomic E-state index is 0.0565. The molecule has 136 valence electrons. The number of hydrogen-bond acceptors (Lipinski definition) is 3. The van der Waals surface area contributed by atoms with Crippen molar-refractivity contribution in [2.75, 3.05) is 6.61 Å². The van der Waals surface area contributed by atoms with Crippen molar-refractivity contribution in [3.8, 4) is 0 Å². The van der Waals surface area contributed by atoms with Gasteiger partial charge in [0.25, 0.3) is 5.91 Å². The maximum absolute atomic E-state index is 12.8. The van der Waals surface area contributed by atoms with Crippen LogP contribution < -0.4 is 5.32 Å². The molecule has 1 amide bonds. The van der Waals surface area contributed by atoms with Gasteiger partial charge in [-0.15, -0.1) is 0 Å². The van der Waals surface area contributed by atoms with Crippen molar-refractivity contribution >= 4 is 5.91 Å². The molecular weight excluding hydrogens is 314 g/mol. The lowest BCUT2D eigenvalue weighted by atomic mass is 9.84. The molecule has 2 heterocycles. The van der Waals surface area contributed by atoms with Crippen LogP contribution in [-0.4, -0.2) is 33.2 Å². The molecule has 0 aromatic carbocycles. The minimum atomic E-state index is -0.113. The molecule has 0 aliphatic heterocycles. The Kier molecular flexibility index (Phi) is 6.01. The summed E-state index contributed by atoms with van der Waals surface area (Å²) in [5.74, 6) is -0.0891. The molecule has 0 spiro atoms. The number of aromatic nitrogens is 2. The van der Waals surface area contributed by atoms with Crippen LogP contribution in [0.3, 0.4) is 0 Å².